The van der Waals surface area contributed by atoms with Crippen molar-refractivity contribution in [2.24, 2.45) is 0 Å². The van der Waals surface area contributed by atoms with Crippen molar-refractivity contribution < 1.29 is 17.9 Å². The molecular formula is C32H41N5O4S. The Bertz CT molecular complexity index is 1610. The number of amides is 1. The number of ether oxygens (including phenoxy) is 1. The quantitative estimate of drug-likeness (QED) is 0.460. The summed E-state index contributed by atoms with van der Waals surface area (Å²) in [4.78, 5) is 18.2. The third kappa shape index (κ3) is 4.92. The zero-order valence-electron chi connectivity index (χ0n) is 24.6. The van der Waals surface area contributed by atoms with E-state index in [0.29, 0.717) is 24.6 Å². The van der Waals surface area contributed by atoms with Crippen LogP contribution in [-0.2, 0) is 16.8 Å². The molecule has 0 radical (unpaired) electrons. The highest BCUT2D eigenvalue weighted by Crippen LogP contribution is 2.47. The molecular weight excluding hydrogens is 550 g/mol. The van der Waals surface area contributed by atoms with E-state index >= 15 is 0 Å². The average Bonchev–Trinajstić information content (AvgIpc) is 3.58. The second-order valence-corrected chi connectivity index (χ2v) is 14.3. The van der Waals surface area contributed by atoms with Gasteiger partial charge in [-0.2, -0.15) is 12.7 Å². The van der Waals surface area contributed by atoms with E-state index in [1.54, 1.807) is 13.1 Å². The number of benzene rings is 2. The Balaban J connectivity index is 1.43. The van der Waals surface area contributed by atoms with Crippen LogP contribution in [0.5, 0.6) is 5.75 Å². The minimum absolute atomic E-state index is 0.124. The Kier molecular flexibility index (Phi) is 7.28. The lowest BCUT2D eigenvalue weighted by atomic mass is 9.81. The molecule has 6 bridgehead atoms. The van der Waals surface area contributed by atoms with Gasteiger partial charge < -0.3 is 14.2 Å². The molecule has 1 aliphatic carbocycles. The Morgan fingerprint density at radius 1 is 0.905 bits per heavy atom. The van der Waals surface area contributed by atoms with E-state index in [0.717, 1.165) is 67.7 Å². The molecule has 1 N–H and O–H groups in total. The first-order valence-electron chi connectivity index (χ1n) is 15.4. The summed E-state index contributed by atoms with van der Waals surface area (Å²) in [7, 11) is -0.246. The molecule has 224 valence electrons. The number of rotatable bonds is 1. The van der Waals surface area contributed by atoms with Crippen molar-refractivity contribution in [1.82, 2.24) is 23.4 Å². The van der Waals surface area contributed by atoms with Crippen molar-refractivity contribution in [2.75, 3.05) is 46.9 Å². The van der Waals surface area contributed by atoms with Crippen LogP contribution in [0.15, 0.2) is 42.5 Å². The van der Waals surface area contributed by atoms with Crippen LogP contribution in [0.1, 0.15) is 60.4 Å². The third-order valence-corrected chi connectivity index (χ3v) is 11.6. The molecule has 42 heavy (non-hydrogen) atoms. The summed E-state index contributed by atoms with van der Waals surface area (Å²) in [6.45, 7) is 4.46. The molecule has 0 spiro atoms. The number of carbonyl (C=O) groups excluding carboxylic acids is 1. The first kappa shape index (κ1) is 27.9. The number of hydrogen-bond acceptors (Lipinski definition) is 6. The maximum absolute atomic E-state index is 13.5. The maximum atomic E-state index is 13.5. The highest BCUT2D eigenvalue weighted by molar-refractivity contribution is 7.87. The van der Waals surface area contributed by atoms with E-state index in [1.165, 1.54) is 34.8 Å². The van der Waals surface area contributed by atoms with Gasteiger partial charge in [0, 0.05) is 61.3 Å². The number of para-hydroxylation sites is 1. The molecule has 1 amide bonds. The van der Waals surface area contributed by atoms with Crippen molar-refractivity contribution in [1.29, 1.82) is 0 Å². The Hall–Kier alpha value is -2.92. The molecule has 1 saturated carbocycles. The summed E-state index contributed by atoms with van der Waals surface area (Å²) in [5, 5.41) is 1.15. The minimum atomic E-state index is -3.99. The van der Waals surface area contributed by atoms with Gasteiger partial charge in [-0.3, -0.25) is 9.69 Å². The summed E-state index contributed by atoms with van der Waals surface area (Å²) in [5.74, 6) is 0.719. The average molecular weight is 592 g/mol. The standard InChI is InChI=1S/C32H41N5O4S/c1-34-16-17-36-15-14-24(19-36)35(2)42(39,40)33-32(38)23-12-13-26-28(18-23)37-20-25(34)21-41-29-11-7-6-10-27(29)31(37)30(26)22-8-4-3-5-9-22/h6-7,10-13,18,22,24-25H,3-5,8-9,14-17,19-21H2,1-2H3,(H,33,38)/t24?,25-/m1/s1. The first-order chi connectivity index (χ1) is 20.3. The number of aromatic nitrogens is 1. The van der Waals surface area contributed by atoms with Crippen molar-refractivity contribution in [3.8, 4) is 17.0 Å². The van der Waals surface area contributed by atoms with Gasteiger partial charge in [-0.1, -0.05) is 37.5 Å². The third-order valence-electron chi connectivity index (χ3n) is 10.1. The van der Waals surface area contributed by atoms with Crippen molar-refractivity contribution in [2.45, 2.75) is 63.1 Å². The van der Waals surface area contributed by atoms with Crippen LogP contribution in [0, 0.1) is 0 Å². The number of fused-ring (bicyclic) bond motifs is 6. The van der Waals surface area contributed by atoms with E-state index < -0.39 is 16.1 Å². The fourth-order valence-corrected chi connectivity index (χ4v) is 8.61. The summed E-state index contributed by atoms with van der Waals surface area (Å²) >= 11 is 0. The lowest BCUT2D eigenvalue weighted by Gasteiger charge is -2.33. The van der Waals surface area contributed by atoms with Crippen LogP contribution in [-0.4, -0.2) is 92.0 Å². The van der Waals surface area contributed by atoms with Crippen LogP contribution in [0.25, 0.3) is 22.2 Å². The van der Waals surface area contributed by atoms with Crippen molar-refractivity contribution in [3.05, 3.63) is 53.6 Å². The van der Waals surface area contributed by atoms with Gasteiger partial charge in [0.15, 0.2) is 0 Å². The van der Waals surface area contributed by atoms with Gasteiger partial charge >= 0.3 is 10.2 Å². The molecule has 4 aliphatic rings. The van der Waals surface area contributed by atoms with E-state index in [1.807, 2.05) is 18.2 Å². The van der Waals surface area contributed by atoms with E-state index in [-0.39, 0.29) is 12.1 Å². The highest BCUT2D eigenvalue weighted by Gasteiger charge is 2.35. The lowest BCUT2D eigenvalue weighted by Crippen LogP contribution is -2.48. The maximum Gasteiger partial charge on any atom is 0.304 e. The van der Waals surface area contributed by atoms with Gasteiger partial charge in [0.05, 0.1) is 11.7 Å². The summed E-state index contributed by atoms with van der Waals surface area (Å²) < 4.78 is 39.3. The summed E-state index contributed by atoms with van der Waals surface area (Å²) in [6.07, 6.45) is 6.71. The smallest absolute Gasteiger partial charge is 0.304 e. The molecule has 3 aromatic rings. The van der Waals surface area contributed by atoms with Crippen molar-refractivity contribution in [3.63, 3.8) is 0 Å². The second-order valence-electron chi connectivity index (χ2n) is 12.6. The monoisotopic (exact) mass is 591 g/mol. The second kappa shape index (κ2) is 11.0. The zero-order valence-corrected chi connectivity index (χ0v) is 25.4. The van der Waals surface area contributed by atoms with Crippen molar-refractivity contribution >= 4 is 27.0 Å². The number of hydrogen-bond donors (Lipinski definition) is 1. The van der Waals surface area contributed by atoms with Crippen LogP contribution in [0.3, 0.4) is 0 Å². The minimum Gasteiger partial charge on any atom is -0.491 e. The molecule has 3 atom stereocenters. The Morgan fingerprint density at radius 2 is 1.71 bits per heavy atom. The lowest BCUT2D eigenvalue weighted by molar-refractivity contribution is 0.0978. The van der Waals surface area contributed by atoms with Gasteiger partial charge in [0.1, 0.15) is 12.4 Å². The van der Waals surface area contributed by atoms with E-state index in [2.05, 4.69) is 44.3 Å². The van der Waals surface area contributed by atoms with Gasteiger partial charge in [-0.15, -0.1) is 0 Å². The molecule has 2 fully saturated rings. The fraction of sp³-hybridized carbons (Fsp3) is 0.531. The normalized spacial score (nSPS) is 27.4. The number of nitrogens with one attached hydrogen (secondary N) is 1. The molecule has 2 unspecified atom stereocenters. The van der Waals surface area contributed by atoms with Gasteiger partial charge in [-0.25, -0.2) is 4.72 Å². The molecule has 9 nitrogen and oxygen atoms in total. The van der Waals surface area contributed by atoms with Crippen LogP contribution in [0.4, 0.5) is 0 Å². The number of nitrogens with zero attached hydrogens (tertiary/aromatic N) is 4. The molecule has 2 aromatic carbocycles. The predicted molar refractivity (Wildman–Crippen MR) is 164 cm³/mol. The summed E-state index contributed by atoms with van der Waals surface area (Å²) in [6, 6.07) is 14.0. The largest absolute Gasteiger partial charge is 0.491 e. The van der Waals surface area contributed by atoms with E-state index in [9.17, 15) is 13.2 Å². The van der Waals surface area contributed by atoms with Crippen LogP contribution in [0.2, 0.25) is 0 Å². The van der Waals surface area contributed by atoms with Crippen LogP contribution < -0.4 is 9.46 Å². The highest BCUT2D eigenvalue weighted by atomic mass is 32.2. The summed E-state index contributed by atoms with van der Waals surface area (Å²) in [5.41, 5.74) is 4.94. The van der Waals surface area contributed by atoms with Crippen LogP contribution >= 0.6 is 0 Å². The molecule has 7 rings (SSSR count). The molecule has 3 aliphatic heterocycles. The zero-order chi connectivity index (χ0) is 29.0. The molecule has 4 heterocycles. The molecule has 1 saturated heterocycles. The SMILES string of the molecule is CN1CCN2CCC(C2)N(C)S(=O)(=O)NC(=O)c2ccc3c(C4CCCCC4)c4n(c3c2)C[C@@H]1COc1ccccc1-4. The van der Waals surface area contributed by atoms with Gasteiger partial charge in [0.2, 0.25) is 0 Å². The first-order valence-corrected chi connectivity index (χ1v) is 16.8. The van der Waals surface area contributed by atoms with E-state index in [4.69, 9.17) is 4.74 Å². The van der Waals surface area contributed by atoms with Gasteiger partial charge in [0.25, 0.3) is 5.91 Å². The number of carbonyl (C=O) groups is 1. The molecule has 10 heteroatoms. The topological polar surface area (TPSA) is 87.1 Å². The Labute approximate surface area is 248 Å². The number of likely N-dealkylation sites (N-methyl/N-ethyl adjacent to an activating group) is 2. The predicted octanol–water partition coefficient (Wildman–Crippen LogP) is 4.04. The molecule has 1 aromatic heterocycles. The van der Waals surface area contributed by atoms with Gasteiger partial charge in [-0.05, 0) is 68.6 Å². The Morgan fingerprint density at radius 3 is 2.55 bits per heavy atom. The fourth-order valence-electron chi connectivity index (χ4n) is 7.54.